The van der Waals surface area contributed by atoms with Gasteiger partial charge in [0.25, 0.3) is 0 Å². The Morgan fingerprint density at radius 1 is 1.47 bits per heavy atom. The molecule has 1 rings (SSSR count). The van der Waals surface area contributed by atoms with Gasteiger partial charge in [0, 0.05) is 17.1 Å². The number of anilines is 1. The number of ether oxygens (including phenoxy) is 1. The highest BCUT2D eigenvalue weighted by Crippen LogP contribution is 2.26. The Morgan fingerprint density at radius 3 is 2.88 bits per heavy atom. The van der Waals surface area contributed by atoms with Gasteiger partial charge in [0.1, 0.15) is 5.75 Å². The largest absolute Gasteiger partial charge is 0.497 e. The van der Waals surface area contributed by atoms with Crippen molar-refractivity contribution >= 4 is 27.6 Å². The van der Waals surface area contributed by atoms with Gasteiger partial charge in [-0.15, -0.1) is 0 Å². The Bertz CT molecular complexity index is 383. The molecule has 0 radical (unpaired) electrons. The van der Waals surface area contributed by atoms with Gasteiger partial charge in [-0.2, -0.15) is 0 Å². The standard InChI is InChI=1S/C12H17BrN2O2/c1-3-4-7-14-12(16)15-11-8-9(17-2)5-6-10(11)13/h5-6,8H,3-4,7H2,1-2H3,(H2,14,15,16). The molecule has 4 nitrogen and oxygen atoms in total. The van der Waals surface area contributed by atoms with E-state index in [2.05, 4.69) is 33.5 Å². The Morgan fingerprint density at radius 2 is 2.24 bits per heavy atom. The second-order valence-electron chi connectivity index (χ2n) is 3.58. The molecule has 94 valence electrons. The Hall–Kier alpha value is -1.23. The van der Waals surface area contributed by atoms with Crippen LogP contribution in [-0.2, 0) is 0 Å². The number of hydrogen-bond acceptors (Lipinski definition) is 2. The molecule has 0 aliphatic heterocycles. The minimum Gasteiger partial charge on any atom is -0.497 e. The van der Waals surface area contributed by atoms with Crippen molar-refractivity contribution in [1.29, 1.82) is 0 Å². The van der Waals surface area contributed by atoms with E-state index < -0.39 is 0 Å². The summed E-state index contributed by atoms with van der Waals surface area (Å²) in [6, 6.07) is 5.22. The minimum absolute atomic E-state index is 0.201. The summed E-state index contributed by atoms with van der Waals surface area (Å²) in [7, 11) is 1.59. The zero-order valence-corrected chi connectivity index (χ0v) is 11.6. The number of rotatable bonds is 5. The quantitative estimate of drug-likeness (QED) is 0.819. The Kier molecular flexibility index (Phi) is 5.83. The molecule has 0 atom stereocenters. The molecular formula is C12H17BrN2O2. The van der Waals surface area contributed by atoms with Crippen LogP contribution in [0.4, 0.5) is 10.5 Å². The van der Waals surface area contributed by atoms with Crippen molar-refractivity contribution in [2.24, 2.45) is 0 Å². The molecule has 2 amide bonds. The van der Waals surface area contributed by atoms with Gasteiger partial charge >= 0.3 is 6.03 Å². The first-order valence-electron chi connectivity index (χ1n) is 5.55. The van der Waals surface area contributed by atoms with Crippen molar-refractivity contribution in [3.05, 3.63) is 22.7 Å². The summed E-state index contributed by atoms with van der Waals surface area (Å²) in [6.07, 6.45) is 2.04. The van der Waals surface area contributed by atoms with Crippen LogP contribution in [0.1, 0.15) is 19.8 Å². The monoisotopic (exact) mass is 300 g/mol. The first-order valence-corrected chi connectivity index (χ1v) is 6.35. The molecule has 1 aromatic carbocycles. The fraction of sp³-hybridized carbons (Fsp3) is 0.417. The predicted molar refractivity (Wildman–Crippen MR) is 72.6 cm³/mol. The van der Waals surface area contributed by atoms with Crippen molar-refractivity contribution in [2.75, 3.05) is 19.0 Å². The minimum atomic E-state index is -0.201. The van der Waals surface area contributed by atoms with E-state index >= 15 is 0 Å². The summed E-state index contributed by atoms with van der Waals surface area (Å²) in [5.74, 6) is 0.706. The number of unbranched alkanes of at least 4 members (excludes halogenated alkanes) is 1. The maximum atomic E-state index is 11.6. The van der Waals surface area contributed by atoms with Gasteiger partial charge in [-0.25, -0.2) is 4.79 Å². The van der Waals surface area contributed by atoms with E-state index in [1.54, 1.807) is 13.2 Å². The maximum Gasteiger partial charge on any atom is 0.319 e. The molecule has 1 aromatic rings. The third kappa shape index (κ3) is 4.65. The molecular weight excluding hydrogens is 284 g/mol. The summed E-state index contributed by atoms with van der Waals surface area (Å²) in [6.45, 7) is 2.77. The van der Waals surface area contributed by atoms with Crippen LogP contribution in [0.25, 0.3) is 0 Å². The molecule has 5 heteroatoms. The van der Waals surface area contributed by atoms with E-state index in [0.717, 1.165) is 17.3 Å². The van der Waals surface area contributed by atoms with Crippen molar-refractivity contribution < 1.29 is 9.53 Å². The summed E-state index contributed by atoms with van der Waals surface area (Å²) in [5.41, 5.74) is 0.693. The van der Waals surface area contributed by atoms with Gasteiger partial charge in [-0.3, -0.25) is 0 Å². The lowest BCUT2D eigenvalue weighted by atomic mass is 10.3. The predicted octanol–water partition coefficient (Wildman–Crippen LogP) is 3.38. The lowest BCUT2D eigenvalue weighted by molar-refractivity contribution is 0.252. The number of hydrogen-bond donors (Lipinski definition) is 2. The second kappa shape index (κ2) is 7.17. The Balaban J connectivity index is 2.57. The zero-order valence-electron chi connectivity index (χ0n) is 10.0. The van der Waals surface area contributed by atoms with Gasteiger partial charge in [-0.05, 0) is 34.5 Å². The summed E-state index contributed by atoms with van der Waals surface area (Å²) in [4.78, 5) is 11.6. The van der Waals surface area contributed by atoms with E-state index in [9.17, 15) is 4.79 Å². The van der Waals surface area contributed by atoms with E-state index in [-0.39, 0.29) is 6.03 Å². The topological polar surface area (TPSA) is 50.4 Å². The fourth-order valence-electron chi connectivity index (χ4n) is 1.27. The third-order valence-corrected chi connectivity index (χ3v) is 2.93. The number of nitrogens with one attached hydrogen (secondary N) is 2. The second-order valence-corrected chi connectivity index (χ2v) is 4.43. The average molecular weight is 301 g/mol. The SMILES string of the molecule is CCCCNC(=O)Nc1cc(OC)ccc1Br. The first-order chi connectivity index (χ1) is 8.17. The highest BCUT2D eigenvalue weighted by molar-refractivity contribution is 9.10. The number of carbonyl (C=O) groups is 1. The van der Waals surface area contributed by atoms with Crippen LogP contribution in [0, 0.1) is 0 Å². The molecule has 0 bridgehead atoms. The zero-order chi connectivity index (χ0) is 12.7. The molecule has 0 fully saturated rings. The Labute approximate surface area is 110 Å². The van der Waals surface area contributed by atoms with Gasteiger partial charge in [0.05, 0.1) is 12.8 Å². The van der Waals surface area contributed by atoms with Gasteiger partial charge in [-0.1, -0.05) is 13.3 Å². The molecule has 0 aliphatic carbocycles. The smallest absolute Gasteiger partial charge is 0.319 e. The van der Waals surface area contributed by atoms with E-state index in [0.29, 0.717) is 18.0 Å². The summed E-state index contributed by atoms with van der Waals surface area (Å²) < 4.78 is 5.92. The number of halogens is 1. The van der Waals surface area contributed by atoms with E-state index in [4.69, 9.17) is 4.74 Å². The molecule has 0 spiro atoms. The molecule has 2 N–H and O–H groups in total. The van der Waals surface area contributed by atoms with Crippen LogP contribution in [-0.4, -0.2) is 19.7 Å². The highest BCUT2D eigenvalue weighted by Gasteiger charge is 2.05. The summed E-state index contributed by atoms with van der Waals surface area (Å²) in [5, 5.41) is 5.55. The molecule has 0 unspecified atom stereocenters. The van der Waals surface area contributed by atoms with E-state index in [1.807, 2.05) is 12.1 Å². The van der Waals surface area contributed by atoms with Crippen LogP contribution >= 0.6 is 15.9 Å². The number of carbonyl (C=O) groups excluding carboxylic acids is 1. The highest BCUT2D eigenvalue weighted by atomic mass is 79.9. The molecule has 0 heterocycles. The van der Waals surface area contributed by atoms with Crippen LogP contribution in [0.2, 0.25) is 0 Å². The van der Waals surface area contributed by atoms with Crippen molar-refractivity contribution in [1.82, 2.24) is 5.32 Å². The normalized spacial score (nSPS) is 9.82. The van der Waals surface area contributed by atoms with Gasteiger partial charge in [0.15, 0.2) is 0 Å². The third-order valence-electron chi connectivity index (χ3n) is 2.24. The lowest BCUT2D eigenvalue weighted by Crippen LogP contribution is -2.29. The van der Waals surface area contributed by atoms with Crippen molar-refractivity contribution in [3.8, 4) is 5.75 Å². The molecule has 0 saturated carbocycles. The van der Waals surface area contributed by atoms with E-state index in [1.165, 1.54) is 0 Å². The first kappa shape index (κ1) is 13.8. The molecule has 17 heavy (non-hydrogen) atoms. The lowest BCUT2D eigenvalue weighted by Gasteiger charge is -2.10. The summed E-state index contributed by atoms with van der Waals surface area (Å²) >= 11 is 3.37. The van der Waals surface area contributed by atoms with Crippen LogP contribution in [0.5, 0.6) is 5.75 Å². The number of urea groups is 1. The van der Waals surface area contributed by atoms with Gasteiger partial charge < -0.3 is 15.4 Å². The fourth-order valence-corrected chi connectivity index (χ4v) is 1.62. The number of methoxy groups -OCH3 is 1. The average Bonchev–Trinajstić information content (AvgIpc) is 2.32. The number of amides is 2. The van der Waals surface area contributed by atoms with Crippen LogP contribution < -0.4 is 15.4 Å². The molecule has 0 aromatic heterocycles. The van der Waals surface area contributed by atoms with Crippen LogP contribution in [0.3, 0.4) is 0 Å². The van der Waals surface area contributed by atoms with Crippen molar-refractivity contribution in [2.45, 2.75) is 19.8 Å². The number of benzene rings is 1. The van der Waals surface area contributed by atoms with Gasteiger partial charge in [0.2, 0.25) is 0 Å². The molecule has 0 saturated heterocycles. The van der Waals surface area contributed by atoms with Crippen molar-refractivity contribution in [3.63, 3.8) is 0 Å². The maximum absolute atomic E-state index is 11.6. The molecule has 0 aliphatic rings. The van der Waals surface area contributed by atoms with Crippen LogP contribution in [0.15, 0.2) is 22.7 Å².